The Balaban J connectivity index is 1.83. The number of aromatic nitrogens is 2. The molecule has 0 atom stereocenters. The van der Waals surface area contributed by atoms with E-state index in [0.29, 0.717) is 12.1 Å². The Bertz CT molecular complexity index is 896. The van der Waals surface area contributed by atoms with Crippen LogP contribution in [0.4, 0.5) is 0 Å². The van der Waals surface area contributed by atoms with Crippen LogP contribution in [0.2, 0.25) is 0 Å². The predicted molar refractivity (Wildman–Crippen MR) is 105 cm³/mol. The van der Waals surface area contributed by atoms with Crippen molar-refractivity contribution in [1.82, 2.24) is 15.1 Å². The summed E-state index contributed by atoms with van der Waals surface area (Å²) in [7, 11) is 0. The molecule has 26 heavy (non-hydrogen) atoms. The molecular formula is C22H23N3O. The molecule has 1 heterocycles. The van der Waals surface area contributed by atoms with Crippen LogP contribution in [0.25, 0.3) is 11.6 Å². The van der Waals surface area contributed by atoms with Crippen LogP contribution in [-0.2, 0) is 17.9 Å². The van der Waals surface area contributed by atoms with E-state index in [2.05, 4.69) is 17.3 Å². The van der Waals surface area contributed by atoms with E-state index in [0.717, 1.165) is 28.9 Å². The van der Waals surface area contributed by atoms with Crippen LogP contribution in [0, 0.1) is 6.92 Å². The maximum atomic E-state index is 12.9. The van der Waals surface area contributed by atoms with Crippen molar-refractivity contribution in [3.05, 3.63) is 89.2 Å². The van der Waals surface area contributed by atoms with Gasteiger partial charge in [0, 0.05) is 29.9 Å². The highest BCUT2D eigenvalue weighted by atomic mass is 16.1. The van der Waals surface area contributed by atoms with Crippen LogP contribution in [0.3, 0.4) is 0 Å². The summed E-state index contributed by atoms with van der Waals surface area (Å²) in [5.74, 6) is -0.0938. The first-order chi connectivity index (χ1) is 12.7. The largest absolute Gasteiger partial charge is 0.348 e. The predicted octanol–water partition coefficient (Wildman–Crippen LogP) is 4.07. The Hall–Kier alpha value is -3.14. The summed E-state index contributed by atoms with van der Waals surface area (Å²) < 4.78 is 1.93. The maximum absolute atomic E-state index is 12.9. The zero-order chi connectivity index (χ0) is 18.4. The zero-order valence-corrected chi connectivity index (χ0v) is 15.1. The first-order valence-corrected chi connectivity index (χ1v) is 8.80. The average Bonchev–Trinajstić information content (AvgIpc) is 3.05. The number of carbonyl (C=O) groups is 1. The number of amides is 1. The third kappa shape index (κ3) is 4.09. The Morgan fingerprint density at radius 3 is 2.35 bits per heavy atom. The standard InChI is InChI=1S/C22H23N3O/c1-3-25-17(2)20(16-24-25)15-23-22(26)21(19-12-8-5-9-13-19)14-18-10-6-4-7-11-18/h4-14,16H,3,15H2,1-2H3,(H,23,26)/b21-14-. The molecular weight excluding hydrogens is 322 g/mol. The van der Waals surface area contributed by atoms with E-state index in [4.69, 9.17) is 0 Å². The molecule has 1 amide bonds. The highest BCUT2D eigenvalue weighted by Crippen LogP contribution is 2.19. The molecule has 0 bridgehead atoms. The van der Waals surface area contributed by atoms with E-state index in [9.17, 15) is 4.79 Å². The maximum Gasteiger partial charge on any atom is 0.252 e. The first-order valence-electron chi connectivity index (χ1n) is 8.80. The molecule has 1 N–H and O–H groups in total. The minimum absolute atomic E-state index is 0.0938. The van der Waals surface area contributed by atoms with Gasteiger partial charge in [-0.1, -0.05) is 60.7 Å². The van der Waals surface area contributed by atoms with E-state index >= 15 is 0 Å². The Kier molecular flexibility index (Phi) is 5.64. The number of benzene rings is 2. The molecule has 0 aliphatic rings. The number of aryl methyl sites for hydroxylation is 1. The Morgan fingerprint density at radius 1 is 1.08 bits per heavy atom. The molecule has 4 heteroatoms. The summed E-state index contributed by atoms with van der Waals surface area (Å²) in [6, 6.07) is 19.6. The van der Waals surface area contributed by atoms with Gasteiger partial charge in [-0.2, -0.15) is 5.10 Å². The summed E-state index contributed by atoms with van der Waals surface area (Å²) >= 11 is 0. The highest BCUT2D eigenvalue weighted by Gasteiger charge is 2.13. The van der Waals surface area contributed by atoms with Gasteiger partial charge in [-0.3, -0.25) is 9.48 Å². The number of hydrogen-bond acceptors (Lipinski definition) is 2. The fourth-order valence-corrected chi connectivity index (χ4v) is 2.86. The van der Waals surface area contributed by atoms with Gasteiger partial charge in [-0.25, -0.2) is 0 Å². The van der Waals surface area contributed by atoms with Crippen molar-refractivity contribution in [1.29, 1.82) is 0 Å². The number of nitrogens with one attached hydrogen (secondary N) is 1. The number of rotatable bonds is 6. The molecule has 0 saturated heterocycles. The van der Waals surface area contributed by atoms with Gasteiger partial charge in [0.05, 0.1) is 6.20 Å². The topological polar surface area (TPSA) is 46.9 Å². The molecule has 132 valence electrons. The van der Waals surface area contributed by atoms with E-state index in [1.165, 1.54) is 0 Å². The second-order valence-corrected chi connectivity index (χ2v) is 6.09. The second-order valence-electron chi connectivity index (χ2n) is 6.09. The monoisotopic (exact) mass is 345 g/mol. The molecule has 0 aliphatic carbocycles. The number of hydrogen-bond donors (Lipinski definition) is 1. The van der Waals surface area contributed by atoms with Crippen molar-refractivity contribution < 1.29 is 4.79 Å². The summed E-state index contributed by atoms with van der Waals surface area (Å²) in [6.45, 7) is 5.36. The van der Waals surface area contributed by atoms with Crippen LogP contribution < -0.4 is 5.32 Å². The van der Waals surface area contributed by atoms with Crippen molar-refractivity contribution in [2.24, 2.45) is 0 Å². The van der Waals surface area contributed by atoms with E-state index in [-0.39, 0.29) is 5.91 Å². The third-order valence-corrected chi connectivity index (χ3v) is 4.38. The van der Waals surface area contributed by atoms with Crippen molar-refractivity contribution in [2.45, 2.75) is 26.9 Å². The highest BCUT2D eigenvalue weighted by molar-refractivity contribution is 6.24. The molecule has 0 spiro atoms. The lowest BCUT2D eigenvalue weighted by molar-refractivity contribution is -0.115. The molecule has 0 unspecified atom stereocenters. The van der Waals surface area contributed by atoms with Crippen LogP contribution >= 0.6 is 0 Å². The molecule has 0 fully saturated rings. The minimum Gasteiger partial charge on any atom is -0.348 e. The van der Waals surface area contributed by atoms with Gasteiger partial charge >= 0.3 is 0 Å². The third-order valence-electron chi connectivity index (χ3n) is 4.38. The van der Waals surface area contributed by atoms with Gasteiger partial charge in [-0.15, -0.1) is 0 Å². The summed E-state index contributed by atoms with van der Waals surface area (Å²) in [6.07, 6.45) is 3.75. The van der Waals surface area contributed by atoms with Gasteiger partial charge in [0.25, 0.3) is 5.91 Å². The molecule has 3 aromatic rings. The SMILES string of the molecule is CCn1ncc(CNC(=O)/C(=C\c2ccccc2)c2ccccc2)c1C. The smallest absolute Gasteiger partial charge is 0.252 e. The van der Waals surface area contributed by atoms with Crippen molar-refractivity contribution in [3.8, 4) is 0 Å². The molecule has 4 nitrogen and oxygen atoms in total. The number of nitrogens with zero attached hydrogens (tertiary/aromatic N) is 2. The number of carbonyl (C=O) groups excluding carboxylic acids is 1. The van der Waals surface area contributed by atoms with Crippen LogP contribution in [0.5, 0.6) is 0 Å². The van der Waals surface area contributed by atoms with E-state index < -0.39 is 0 Å². The van der Waals surface area contributed by atoms with Crippen LogP contribution in [-0.4, -0.2) is 15.7 Å². The lowest BCUT2D eigenvalue weighted by Crippen LogP contribution is -2.24. The zero-order valence-electron chi connectivity index (χ0n) is 15.1. The first kappa shape index (κ1) is 17.7. The molecule has 3 rings (SSSR count). The lowest BCUT2D eigenvalue weighted by Gasteiger charge is -2.10. The normalized spacial score (nSPS) is 11.4. The van der Waals surface area contributed by atoms with Gasteiger partial charge in [0.2, 0.25) is 0 Å². The Labute approximate surface area is 154 Å². The van der Waals surface area contributed by atoms with Crippen LogP contribution in [0.15, 0.2) is 66.9 Å². The van der Waals surface area contributed by atoms with Gasteiger partial charge in [-0.05, 0) is 31.1 Å². The summed E-state index contributed by atoms with van der Waals surface area (Å²) in [5, 5.41) is 7.37. The quantitative estimate of drug-likeness (QED) is 0.541. The summed E-state index contributed by atoms with van der Waals surface area (Å²) in [4.78, 5) is 12.9. The van der Waals surface area contributed by atoms with Crippen molar-refractivity contribution in [3.63, 3.8) is 0 Å². The van der Waals surface area contributed by atoms with Gasteiger partial charge in [0.15, 0.2) is 0 Å². The van der Waals surface area contributed by atoms with Crippen molar-refractivity contribution >= 4 is 17.6 Å². The molecule has 0 saturated carbocycles. The van der Waals surface area contributed by atoms with Crippen LogP contribution in [0.1, 0.15) is 29.3 Å². The summed E-state index contributed by atoms with van der Waals surface area (Å²) in [5.41, 5.74) is 4.66. The Morgan fingerprint density at radius 2 is 1.73 bits per heavy atom. The molecule has 0 aliphatic heterocycles. The fourth-order valence-electron chi connectivity index (χ4n) is 2.86. The van der Waals surface area contributed by atoms with E-state index in [1.54, 1.807) is 0 Å². The molecule has 0 radical (unpaired) electrons. The molecule has 2 aromatic carbocycles. The average molecular weight is 345 g/mol. The lowest BCUT2D eigenvalue weighted by atomic mass is 10.0. The second kappa shape index (κ2) is 8.30. The van der Waals surface area contributed by atoms with E-state index in [1.807, 2.05) is 84.5 Å². The van der Waals surface area contributed by atoms with Gasteiger partial charge in [0.1, 0.15) is 0 Å². The fraction of sp³-hybridized carbons (Fsp3) is 0.182. The van der Waals surface area contributed by atoms with Crippen molar-refractivity contribution in [2.75, 3.05) is 0 Å². The van der Waals surface area contributed by atoms with Gasteiger partial charge < -0.3 is 5.32 Å². The minimum atomic E-state index is -0.0938. The molecule has 1 aromatic heterocycles.